The van der Waals surface area contributed by atoms with Crippen LogP contribution in [0, 0.1) is 0 Å². The smallest absolute Gasteiger partial charge is 0.234 e. The Morgan fingerprint density at radius 3 is 2.27 bits per heavy atom. The van der Waals surface area contributed by atoms with E-state index in [1.54, 1.807) is 0 Å². The van der Waals surface area contributed by atoms with Gasteiger partial charge in [0.05, 0.1) is 13.2 Å². The molecule has 3 N–H and O–H groups in total. The van der Waals surface area contributed by atoms with Crippen LogP contribution >= 0.6 is 0 Å². The molecule has 0 radical (unpaired) electrons. The lowest BCUT2D eigenvalue weighted by Gasteiger charge is -2.21. The van der Waals surface area contributed by atoms with Crippen LogP contribution in [-0.4, -0.2) is 46.4 Å². The summed E-state index contributed by atoms with van der Waals surface area (Å²) in [5.41, 5.74) is 4.50. The van der Waals surface area contributed by atoms with Crippen LogP contribution in [0.25, 0.3) is 0 Å². The largest absolute Gasteiger partial charge is 0.379 e. The second-order valence-corrected chi connectivity index (χ2v) is 2.75. The molecule has 1 atom stereocenters. The number of nitrogens with zero attached hydrogens (tertiary/aromatic N) is 1. The van der Waals surface area contributed by atoms with Crippen molar-refractivity contribution in [2.24, 2.45) is 5.73 Å². The fraction of sp³-hybridized carbons (Fsp3) is 1.00. The van der Waals surface area contributed by atoms with Crippen molar-refractivity contribution in [3.8, 4) is 0 Å². The summed E-state index contributed by atoms with van der Waals surface area (Å²) in [6.07, 6.45) is 0. The van der Waals surface area contributed by atoms with Crippen LogP contribution in [-0.2, 0) is 16.0 Å². The first-order valence-corrected chi connectivity index (χ1v) is 4.38. The third kappa shape index (κ3) is 4.44. The molecule has 1 fully saturated rings. The molecule has 11 heavy (non-hydrogen) atoms. The number of ether oxygens (including phenoxy) is 1. The first kappa shape index (κ1) is 11.0. The van der Waals surface area contributed by atoms with Gasteiger partial charge in [0.15, 0.2) is 0 Å². The normalized spacial score (nSPS) is 21.7. The van der Waals surface area contributed by atoms with Gasteiger partial charge in [0.2, 0.25) is 11.3 Å². The molecule has 0 aromatic rings. The monoisotopic (exact) mass is 184 g/mol. The van der Waals surface area contributed by atoms with Crippen molar-refractivity contribution in [3.63, 3.8) is 0 Å². The zero-order chi connectivity index (χ0) is 8.69. The van der Waals surface area contributed by atoms with Gasteiger partial charge in [0, 0.05) is 14.5 Å². The highest BCUT2D eigenvalue weighted by molar-refractivity contribution is 7.76. The second-order valence-electron chi connectivity index (χ2n) is 1.77. The van der Waals surface area contributed by atoms with Gasteiger partial charge in [-0.2, -0.15) is 4.31 Å². The minimum Gasteiger partial charge on any atom is -0.379 e. The van der Waals surface area contributed by atoms with Gasteiger partial charge >= 0.3 is 0 Å². The summed E-state index contributed by atoms with van der Waals surface area (Å²) < 4.78 is 25.3. The van der Waals surface area contributed by atoms with Crippen molar-refractivity contribution in [1.29, 1.82) is 0 Å². The van der Waals surface area contributed by atoms with E-state index in [1.807, 2.05) is 0 Å². The molecule has 0 aromatic carbocycles. The summed E-state index contributed by atoms with van der Waals surface area (Å²) in [6, 6.07) is 0. The van der Waals surface area contributed by atoms with Crippen LogP contribution in [0.5, 0.6) is 0 Å². The summed E-state index contributed by atoms with van der Waals surface area (Å²) in [4.78, 5) is 0. The number of hydrogen-bond acceptors (Lipinski definition) is 3. The lowest BCUT2D eigenvalue weighted by molar-refractivity contribution is 0.0724. The quantitative estimate of drug-likeness (QED) is 0.527. The van der Waals surface area contributed by atoms with E-state index < -0.39 is 11.3 Å². The number of rotatable bonds is 1. The summed E-state index contributed by atoms with van der Waals surface area (Å²) in [5.74, 6) is 0. The molecule has 0 aliphatic carbocycles. The maximum atomic E-state index is 10.3. The van der Waals surface area contributed by atoms with Crippen molar-refractivity contribution in [3.05, 3.63) is 0 Å². The average Bonchev–Trinajstić information content (AvgIpc) is 2.10. The van der Waals surface area contributed by atoms with Crippen molar-refractivity contribution >= 4 is 11.3 Å². The molecule has 1 aliphatic heterocycles. The van der Waals surface area contributed by atoms with Crippen molar-refractivity contribution in [2.45, 2.75) is 0 Å². The molecule has 1 heterocycles. The highest BCUT2D eigenvalue weighted by Gasteiger charge is 2.13. The molecule has 1 aliphatic rings. The van der Waals surface area contributed by atoms with Gasteiger partial charge in [-0.05, 0) is 7.05 Å². The Hall–Kier alpha value is -0.0100. The molecule has 6 heteroatoms. The van der Waals surface area contributed by atoms with Crippen molar-refractivity contribution in [1.82, 2.24) is 4.31 Å². The molecule has 0 aromatic heterocycles. The van der Waals surface area contributed by atoms with Crippen LogP contribution < -0.4 is 5.73 Å². The van der Waals surface area contributed by atoms with E-state index in [9.17, 15) is 4.21 Å². The molecule has 70 valence electrons. The lowest BCUT2D eigenvalue weighted by atomic mass is 10.5. The lowest BCUT2D eigenvalue weighted by Crippen LogP contribution is -2.37. The maximum absolute atomic E-state index is 10.3. The molecule has 1 unspecified atom stereocenters. The highest BCUT2D eigenvalue weighted by atomic mass is 32.2. The zero-order valence-electron chi connectivity index (χ0n) is 6.52. The first-order chi connectivity index (χ1) is 5.30. The molecule has 0 bridgehead atoms. The third-order valence-electron chi connectivity index (χ3n) is 1.19. The Labute approximate surface area is 70.4 Å². The van der Waals surface area contributed by atoms with E-state index in [1.165, 1.54) is 11.4 Å². The van der Waals surface area contributed by atoms with E-state index in [0.717, 1.165) is 0 Å². The third-order valence-corrected chi connectivity index (χ3v) is 2.00. The van der Waals surface area contributed by atoms with Gasteiger partial charge in [0.25, 0.3) is 0 Å². The number of morpholine rings is 1. The molecule has 0 spiro atoms. The predicted molar refractivity (Wildman–Crippen MR) is 45.4 cm³/mol. The average molecular weight is 184 g/mol. The highest BCUT2D eigenvalue weighted by Crippen LogP contribution is 1.97. The fourth-order valence-corrected chi connectivity index (χ4v) is 1.16. The molecule has 1 rings (SSSR count). The van der Waals surface area contributed by atoms with Crippen LogP contribution in [0.15, 0.2) is 0 Å². The Morgan fingerprint density at radius 1 is 1.55 bits per heavy atom. The van der Waals surface area contributed by atoms with Crippen LogP contribution in [0.4, 0.5) is 0 Å². The Kier molecular flexibility index (Phi) is 6.68. The van der Waals surface area contributed by atoms with Crippen LogP contribution in [0.1, 0.15) is 1.43 Å². The minimum atomic E-state index is -1.80. The Balaban J connectivity index is 0. The molecule has 5 nitrogen and oxygen atoms in total. The molecule has 0 saturated carbocycles. The molecular weight excluding hydrogens is 168 g/mol. The van der Waals surface area contributed by atoms with Gasteiger partial charge < -0.3 is 10.5 Å². The summed E-state index contributed by atoms with van der Waals surface area (Å²) in [6.45, 7) is 2.24. The minimum absolute atomic E-state index is 0. The standard InChI is InChI=1S/C4H9NO3S.CH5N.H2/c6-9(7)5-1-3-8-4-2-5;1-2;/h1-4H2,(H,6,7);2H2,1H3;1H. The number of hydrogen-bond donors (Lipinski definition) is 2. The SMILES string of the molecule is CN.O=S(O)N1CCOCC1.[HH]. The molecule has 0 amide bonds. The Morgan fingerprint density at radius 2 is 2.00 bits per heavy atom. The van der Waals surface area contributed by atoms with Gasteiger partial charge in [-0.15, -0.1) is 0 Å². The summed E-state index contributed by atoms with van der Waals surface area (Å²) in [5, 5.41) is 0. The van der Waals surface area contributed by atoms with Crippen LogP contribution in [0.2, 0.25) is 0 Å². The zero-order valence-corrected chi connectivity index (χ0v) is 7.34. The van der Waals surface area contributed by atoms with Gasteiger partial charge in [-0.1, -0.05) is 0 Å². The molecule has 1 saturated heterocycles. The second kappa shape index (κ2) is 6.68. The Bertz CT molecular complexity index is 121. The van der Waals surface area contributed by atoms with E-state index >= 15 is 0 Å². The van der Waals surface area contributed by atoms with Gasteiger partial charge in [-0.3, -0.25) is 4.55 Å². The summed E-state index contributed by atoms with van der Waals surface area (Å²) >= 11 is -1.80. The topological polar surface area (TPSA) is 75.8 Å². The van der Waals surface area contributed by atoms with Crippen molar-refractivity contribution < 1.29 is 14.9 Å². The van der Waals surface area contributed by atoms with Gasteiger partial charge in [-0.25, -0.2) is 4.21 Å². The van der Waals surface area contributed by atoms with E-state index in [4.69, 9.17) is 9.29 Å². The van der Waals surface area contributed by atoms with E-state index in [0.29, 0.717) is 26.3 Å². The van der Waals surface area contributed by atoms with E-state index in [2.05, 4.69) is 5.73 Å². The van der Waals surface area contributed by atoms with Gasteiger partial charge in [0.1, 0.15) is 0 Å². The maximum Gasteiger partial charge on any atom is 0.234 e. The van der Waals surface area contributed by atoms with Crippen molar-refractivity contribution in [2.75, 3.05) is 33.4 Å². The van der Waals surface area contributed by atoms with Crippen LogP contribution in [0.3, 0.4) is 0 Å². The van der Waals surface area contributed by atoms with E-state index in [-0.39, 0.29) is 1.43 Å². The summed E-state index contributed by atoms with van der Waals surface area (Å²) in [7, 11) is 1.50. The molecular formula is C5H16N2O3S. The first-order valence-electron chi connectivity index (χ1n) is 3.32. The number of nitrogens with two attached hydrogens (primary N) is 1. The predicted octanol–water partition coefficient (Wildman–Crippen LogP) is -0.724. The fourth-order valence-electron chi connectivity index (χ4n) is 0.703.